The van der Waals surface area contributed by atoms with E-state index in [1.165, 1.54) is 25.7 Å². The highest BCUT2D eigenvalue weighted by atomic mass is 35.5. The largest absolute Gasteiger partial charge is 0.119 e. The third-order valence-electron chi connectivity index (χ3n) is 3.95. The molecule has 2 bridgehead atoms. The molecule has 0 saturated heterocycles. The standard InChI is InChI=1S/C9H15Cl/c1-8(2)7-3-5-9(8,10)6-4-7/h7H,3-6H2,1-2H3. The Morgan fingerprint density at radius 2 is 1.70 bits per heavy atom. The van der Waals surface area contributed by atoms with Gasteiger partial charge in [-0.3, -0.25) is 0 Å². The number of alkyl halides is 1. The van der Waals surface area contributed by atoms with E-state index < -0.39 is 0 Å². The first-order chi connectivity index (χ1) is 4.56. The van der Waals surface area contributed by atoms with Gasteiger partial charge in [0.2, 0.25) is 0 Å². The number of hydrogen-bond acceptors (Lipinski definition) is 0. The third kappa shape index (κ3) is 0.592. The molecule has 2 aliphatic rings. The molecule has 0 nitrogen and oxygen atoms in total. The maximum absolute atomic E-state index is 6.49. The lowest BCUT2D eigenvalue weighted by Crippen LogP contribution is -2.30. The third-order valence-corrected chi connectivity index (χ3v) is 4.82. The van der Waals surface area contributed by atoms with Gasteiger partial charge in [-0.25, -0.2) is 0 Å². The van der Waals surface area contributed by atoms with Crippen LogP contribution in [0.5, 0.6) is 0 Å². The topological polar surface area (TPSA) is 0 Å². The molecule has 0 aromatic carbocycles. The van der Waals surface area contributed by atoms with Crippen molar-refractivity contribution in [1.82, 2.24) is 0 Å². The summed E-state index contributed by atoms with van der Waals surface area (Å²) in [6.07, 6.45) is 5.26. The average molecular weight is 159 g/mol. The zero-order valence-electron chi connectivity index (χ0n) is 6.78. The van der Waals surface area contributed by atoms with Crippen LogP contribution in [-0.2, 0) is 0 Å². The summed E-state index contributed by atoms with van der Waals surface area (Å²) >= 11 is 6.49. The fraction of sp³-hybridized carbons (Fsp3) is 1.00. The van der Waals surface area contributed by atoms with Gasteiger partial charge in [0.1, 0.15) is 0 Å². The van der Waals surface area contributed by atoms with Crippen molar-refractivity contribution in [2.45, 2.75) is 44.4 Å². The predicted molar refractivity (Wildman–Crippen MR) is 44.3 cm³/mol. The van der Waals surface area contributed by atoms with Crippen LogP contribution in [0.15, 0.2) is 0 Å². The number of fused-ring (bicyclic) bond motifs is 2. The van der Waals surface area contributed by atoms with Gasteiger partial charge < -0.3 is 0 Å². The molecule has 0 amide bonds. The van der Waals surface area contributed by atoms with E-state index in [4.69, 9.17) is 11.6 Å². The van der Waals surface area contributed by atoms with Gasteiger partial charge in [0.15, 0.2) is 0 Å². The lowest BCUT2D eigenvalue weighted by Gasteiger charge is -2.31. The molecule has 0 aliphatic heterocycles. The molecular formula is C9H15Cl. The van der Waals surface area contributed by atoms with Crippen molar-refractivity contribution in [3.8, 4) is 0 Å². The average Bonchev–Trinajstić information content (AvgIpc) is 2.18. The Labute approximate surface area is 68.0 Å². The molecule has 0 N–H and O–H groups in total. The first-order valence-electron chi connectivity index (χ1n) is 4.25. The molecule has 0 aromatic heterocycles. The minimum atomic E-state index is 0.178. The molecule has 0 spiro atoms. The van der Waals surface area contributed by atoms with Crippen molar-refractivity contribution in [1.29, 1.82) is 0 Å². The molecule has 1 heteroatoms. The summed E-state index contributed by atoms with van der Waals surface area (Å²) < 4.78 is 0. The van der Waals surface area contributed by atoms with Crippen LogP contribution in [-0.4, -0.2) is 4.87 Å². The SMILES string of the molecule is CC1(C)C2CCC1(Cl)CC2. The van der Waals surface area contributed by atoms with Gasteiger partial charge in [0.25, 0.3) is 0 Å². The monoisotopic (exact) mass is 158 g/mol. The minimum absolute atomic E-state index is 0.178. The van der Waals surface area contributed by atoms with Gasteiger partial charge in [-0.15, -0.1) is 11.6 Å². The first kappa shape index (κ1) is 6.97. The van der Waals surface area contributed by atoms with Gasteiger partial charge >= 0.3 is 0 Å². The van der Waals surface area contributed by atoms with Crippen LogP contribution in [0.25, 0.3) is 0 Å². The van der Waals surface area contributed by atoms with Crippen molar-refractivity contribution < 1.29 is 0 Å². The normalized spacial score (nSPS) is 50.1. The molecule has 58 valence electrons. The number of hydrogen-bond donors (Lipinski definition) is 0. The van der Waals surface area contributed by atoms with Crippen LogP contribution in [0.1, 0.15) is 39.5 Å². The Morgan fingerprint density at radius 1 is 1.20 bits per heavy atom. The van der Waals surface area contributed by atoms with E-state index in [0.717, 1.165) is 5.92 Å². The summed E-state index contributed by atoms with van der Waals surface area (Å²) in [7, 11) is 0. The molecule has 0 atom stereocenters. The van der Waals surface area contributed by atoms with Crippen molar-refractivity contribution >= 4 is 11.6 Å². The first-order valence-corrected chi connectivity index (χ1v) is 4.63. The lowest BCUT2D eigenvalue weighted by molar-refractivity contribution is 0.278. The molecule has 2 aliphatic carbocycles. The van der Waals surface area contributed by atoms with E-state index in [-0.39, 0.29) is 4.87 Å². The van der Waals surface area contributed by atoms with Gasteiger partial charge in [-0.05, 0) is 37.0 Å². The molecular weight excluding hydrogens is 144 g/mol. The molecule has 0 unspecified atom stereocenters. The van der Waals surface area contributed by atoms with E-state index in [9.17, 15) is 0 Å². The van der Waals surface area contributed by atoms with Gasteiger partial charge in [0.05, 0.1) is 4.87 Å². The van der Waals surface area contributed by atoms with Gasteiger partial charge in [0, 0.05) is 0 Å². The molecule has 2 saturated carbocycles. The smallest absolute Gasteiger partial charge is 0.0500 e. The molecule has 2 fully saturated rings. The van der Waals surface area contributed by atoms with Crippen LogP contribution < -0.4 is 0 Å². The highest BCUT2D eigenvalue weighted by molar-refractivity contribution is 6.25. The number of rotatable bonds is 0. The molecule has 10 heavy (non-hydrogen) atoms. The Kier molecular flexibility index (Phi) is 1.20. The second kappa shape index (κ2) is 1.72. The minimum Gasteiger partial charge on any atom is -0.119 e. The van der Waals surface area contributed by atoms with Crippen LogP contribution in [0.4, 0.5) is 0 Å². The van der Waals surface area contributed by atoms with Crippen molar-refractivity contribution in [2.75, 3.05) is 0 Å². The van der Waals surface area contributed by atoms with E-state index in [1.54, 1.807) is 0 Å². The van der Waals surface area contributed by atoms with Crippen LogP contribution in [0.2, 0.25) is 0 Å². The summed E-state index contributed by atoms with van der Waals surface area (Å²) in [4.78, 5) is 0.178. The highest BCUT2D eigenvalue weighted by Crippen LogP contribution is 2.63. The van der Waals surface area contributed by atoms with Gasteiger partial charge in [-0.1, -0.05) is 13.8 Å². The quantitative estimate of drug-likeness (QED) is 0.475. The predicted octanol–water partition coefficient (Wildman–Crippen LogP) is 3.19. The van der Waals surface area contributed by atoms with E-state index in [1.807, 2.05) is 0 Å². The van der Waals surface area contributed by atoms with Crippen LogP contribution in [0.3, 0.4) is 0 Å². The molecule has 2 rings (SSSR count). The van der Waals surface area contributed by atoms with Crippen LogP contribution >= 0.6 is 11.6 Å². The van der Waals surface area contributed by atoms with Crippen molar-refractivity contribution in [3.05, 3.63) is 0 Å². The fourth-order valence-electron chi connectivity index (χ4n) is 2.81. The summed E-state index contributed by atoms with van der Waals surface area (Å²) in [5.41, 5.74) is 0.425. The molecule has 0 radical (unpaired) electrons. The Morgan fingerprint density at radius 3 is 1.80 bits per heavy atom. The summed E-state index contributed by atoms with van der Waals surface area (Å²) in [6, 6.07) is 0. The van der Waals surface area contributed by atoms with E-state index in [0.29, 0.717) is 5.41 Å². The zero-order valence-corrected chi connectivity index (χ0v) is 7.54. The molecule has 0 heterocycles. The lowest BCUT2D eigenvalue weighted by atomic mass is 9.81. The van der Waals surface area contributed by atoms with Crippen molar-refractivity contribution in [3.63, 3.8) is 0 Å². The Balaban J connectivity index is 2.37. The zero-order chi connectivity index (χ0) is 7.41. The Bertz CT molecular complexity index is 149. The maximum Gasteiger partial charge on any atom is 0.0500 e. The number of halogens is 1. The summed E-state index contributed by atoms with van der Waals surface area (Å²) in [5, 5.41) is 0. The van der Waals surface area contributed by atoms with E-state index >= 15 is 0 Å². The molecule has 0 aromatic rings. The second-order valence-corrected chi connectivity index (χ2v) is 5.18. The summed E-state index contributed by atoms with van der Waals surface area (Å²) in [6.45, 7) is 4.68. The highest BCUT2D eigenvalue weighted by Gasteiger charge is 2.57. The second-order valence-electron chi connectivity index (χ2n) is 4.46. The fourth-order valence-corrected chi connectivity index (χ4v) is 3.18. The van der Waals surface area contributed by atoms with E-state index in [2.05, 4.69) is 13.8 Å². The maximum atomic E-state index is 6.49. The van der Waals surface area contributed by atoms with Gasteiger partial charge in [-0.2, -0.15) is 0 Å². The van der Waals surface area contributed by atoms with Crippen LogP contribution in [0, 0.1) is 11.3 Å². The van der Waals surface area contributed by atoms with Crippen molar-refractivity contribution in [2.24, 2.45) is 11.3 Å². The summed E-state index contributed by atoms with van der Waals surface area (Å²) in [5.74, 6) is 0.921. The Hall–Kier alpha value is 0.290.